The van der Waals surface area contributed by atoms with Gasteiger partial charge in [-0.25, -0.2) is 0 Å². The second-order valence-electron chi connectivity index (χ2n) is 7.22. The number of benzene rings is 1. The van der Waals surface area contributed by atoms with Crippen LogP contribution in [0.5, 0.6) is 0 Å². The minimum atomic E-state index is 0.162. The largest absolute Gasteiger partial charge is 0.326 e. The lowest BCUT2D eigenvalue weighted by atomic mass is 9.70. The van der Waals surface area contributed by atoms with Crippen LogP contribution >= 0.6 is 0 Å². The van der Waals surface area contributed by atoms with Gasteiger partial charge in [0.25, 0.3) is 0 Å². The van der Waals surface area contributed by atoms with Gasteiger partial charge in [0.05, 0.1) is 0 Å². The number of hydrogen-bond acceptors (Lipinski definition) is 1. The monoisotopic (exact) mass is 287 g/mol. The normalized spacial score (nSPS) is 25.9. The maximum atomic E-state index is 12.7. The van der Waals surface area contributed by atoms with Crippen LogP contribution in [0, 0.1) is 37.5 Å². The van der Waals surface area contributed by atoms with Crippen molar-refractivity contribution in [3.8, 4) is 0 Å². The number of amides is 1. The highest BCUT2D eigenvalue weighted by molar-refractivity contribution is 5.93. The summed E-state index contributed by atoms with van der Waals surface area (Å²) < 4.78 is 0. The highest BCUT2D eigenvalue weighted by Crippen LogP contribution is 2.38. The maximum absolute atomic E-state index is 12.7. The van der Waals surface area contributed by atoms with Crippen molar-refractivity contribution in [2.24, 2.45) is 23.7 Å². The lowest BCUT2D eigenvalue weighted by molar-refractivity contribution is -0.123. The minimum Gasteiger partial charge on any atom is -0.326 e. The van der Waals surface area contributed by atoms with Gasteiger partial charge >= 0.3 is 0 Å². The maximum Gasteiger partial charge on any atom is 0.227 e. The van der Waals surface area contributed by atoms with Gasteiger partial charge < -0.3 is 5.32 Å². The lowest BCUT2D eigenvalue weighted by Crippen LogP contribution is -2.36. The van der Waals surface area contributed by atoms with Crippen LogP contribution in [0.3, 0.4) is 0 Å². The molecule has 0 aliphatic heterocycles. The van der Waals surface area contributed by atoms with E-state index < -0.39 is 0 Å². The molecule has 0 heterocycles. The van der Waals surface area contributed by atoms with Gasteiger partial charge in [0.1, 0.15) is 0 Å². The molecule has 0 saturated heterocycles. The molecule has 2 nitrogen and oxygen atoms in total. The molecule has 1 fully saturated rings. The molecule has 1 N–H and O–H groups in total. The second-order valence-corrected chi connectivity index (χ2v) is 7.22. The van der Waals surface area contributed by atoms with E-state index in [4.69, 9.17) is 0 Å². The molecule has 1 saturated carbocycles. The van der Waals surface area contributed by atoms with Gasteiger partial charge in [0, 0.05) is 11.6 Å². The summed E-state index contributed by atoms with van der Waals surface area (Å²) in [7, 11) is 0. The van der Waals surface area contributed by atoms with Crippen molar-refractivity contribution in [2.45, 2.75) is 53.9 Å². The molecule has 1 amide bonds. The average Bonchev–Trinajstić information content (AvgIpc) is 2.42. The quantitative estimate of drug-likeness (QED) is 0.837. The zero-order valence-electron chi connectivity index (χ0n) is 14.1. The highest BCUT2D eigenvalue weighted by atomic mass is 16.1. The highest BCUT2D eigenvalue weighted by Gasteiger charge is 2.35. The number of nitrogens with one attached hydrogen (secondary N) is 1. The fraction of sp³-hybridized carbons (Fsp3) is 0.632. The summed E-state index contributed by atoms with van der Waals surface area (Å²) in [6, 6.07) is 6.16. The van der Waals surface area contributed by atoms with Crippen LogP contribution in [-0.2, 0) is 4.79 Å². The second kappa shape index (κ2) is 6.64. The minimum absolute atomic E-state index is 0.162. The van der Waals surface area contributed by atoms with Crippen LogP contribution in [0.4, 0.5) is 5.69 Å². The van der Waals surface area contributed by atoms with Crippen molar-refractivity contribution in [1.82, 2.24) is 0 Å². The zero-order valence-corrected chi connectivity index (χ0v) is 14.1. The Bertz CT molecular complexity index is 506. The van der Waals surface area contributed by atoms with Gasteiger partial charge in [-0.2, -0.15) is 0 Å². The molecule has 0 bridgehead atoms. The van der Waals surface area contributed by atoms with E-state index in [0.717, 1.165) is 12.1 Å². The number of rotatable bonds is 3. The zero-order chi connectivity index (χ0) is 15.6. The molecule has 0 radical (unpaired) electrons. The molecule has 0 aromatic heterocycles. The Hall–Kier alpha value is -1.31. The Morgan fingerprint density at radius 3 is 2.52 bits per heavy atom. The van der Waals surface area contributed by atoms with Crippen LogP contribution in [0.2, 0.25) is 0 Å². The Kier molecular flexibility index (Phi) is 5.08. The third-order valence-corrected chi connectivity index (χ3v) is 5.13. The Balaban J connectivity index is 2.11. The number of hydrogen-bond donors (Lipinski definition) is 1. The molecule has 0 unspecified atom stereocenters. The first-order valence-corrected chi connectivity index (χ1v) is 8.26. The fourth-order valence-electron chi connectivity index (χ4n) is 3.56. The standard InChI is InChI=1S/C19H29NO/c1-12(2)17-9-6-13(3)10-18(17)19(21)20-16-8-7-14(4)15(5)11-16/h7-8,11-13,17-18H,6,9-10H2,1-5H3,(H,20,21)/t13-,17+,18-/m1/s1. The molecule has 1 aliphatic rings. The first-order chi connectivity index (χ1) is 9.88. The summed E-state index contributed by atoms with van der Waals surface area (Å²) in [4.78, 5) is 12.7. The van der Waals surface area contributed by atoms with Crippen LogP contribution in [-0.4, -0.2) is 5.91 Å². The third-order valence-electron chi connectivity index (χ3n) is 5.13. The van der Waals surface area contributed by atoms with Crippen LogP contribution in [0.15, 0.2) is 18.2 Å². The number of carbonyl (C=O) groups is 1. The van der Waals surface area contributed by atoms with E-state index >= 15 is 0 Å². The van der Waals surface area contributed by atoms with E-state index in [0.29, 0.717) is 17.8 Å². The SMILES string of the molecule is Cc1ccc(NC(=O)[C@@H]2C[C@H](C)CC[C@H]2C(C)C)cc1C. The van der Waals surface area contributed by atoms with Crippen LogP contribution in [0.1, 0.15) is 51.2 Å². The lowest BCUT2D eigenvalue weighted by Gasteiger charge is -2.36. The van der Waals surface area contributed by atoms with Gasteiger partial charge in [-0.15, -0.1) is 0 Å². The summed E-state index contributed by atoms with van der Waals surface area (Å²) in [5, 5.41) is 3.15. The molecule has 3 atom stereocenters. The number of carbonyl (C=O) groups excluding carboxylic acids is 1. The van der Waals surface area contributed by atoms with Crippen LogP contribution in [0.25, 0.3) is 0 Å². The van der Waals surface area contributed by atoms with Crippen molar-refractivity contribution in [3.63, 3.8) is 0 Å². The van der Waals surface area contributed by atoms with Gasteiger partial charge in [0.15, 0.2) is 0 Å². The Morgan fingerprint density at radius 2 is 1.90 bits per heavy atom. The predicted octanol–water partition coefficient (Wildman–Crippen LogP) is 4.95. The summed E-state index contributed by atoms with van der Waals surface area (Å²) in [6.07, 6.45) is 3.47. The van der Waals surface area contributed by atoms with Gasteiger partial charge in [-0.05, 0) is 67.7 Å². The smallest absolute Gasteiger partial charge is 0.227 e. The fourth-order valence-corrected chi connectivity index (χ4v) is 3.56. The molecule has 0 spiro atoms. The third kappa shape index (κ3) is 3.87. The van der Waals surface area contributed by atoms with E-state index in [2.05, 4.69) is 52.1 Å². The van der Waals surface area contributed by atoms with Crippen molar-refractivity contribution in [1.29, 1.82) is 0 Å². The summed E-state index contributed by atoms with van der Waals surface area (Å²) in [5.41, 5.74) is 3.42. The molecule has 1 aromatic rings. The molecule has 2 heteroatoms. The molecule has 2 rings (SSSR count). The first kappa shape index (κ1) is 16.1. The predicted molar refractivity (Wildman–Crippen MR) is 89.4 cm³/mol. The van der Waals surface area contributed by atoms with Crippen LogP contribution < -0.4 is 5.32 Å². The first-order valence-electron chi connectivity index (χ1n) is 8.26. The summed E-state index contributed by atoms with van der Waals surface area (Å²) in [5.74, 6) is 2.13. The van der Waals surface area contributed by atoms with E-state index in [1.165, 1.54) is 24.0 Å². The van der Waals surface area contributed by atoms with E-state index in [-0.39, 0.29) is 11.8 Å². The van der Waals surface area contributed by atoms with Crippen molar-refractivity contribution in [2.75, 3.05) is 5.32 Å². The van der Waals surface area contributed by atoms with Gasteiger partial charge in [-0.3, -0.25) is 4.79 Å². The Morgan fingerprint density at radius 1 is 1.19 bits per heavy atom. The molecule has 1 aromatic carbocycles. The summed E-state index contributed by atoms with van der Waals surface area (Å²) in [6.45, 7) is 10.9. The number of anilines is 1. The topological polar surface area (TPSA) is 29.1 Å². The van der Waals surface area contributed by atoms with E-state index in [9.17, 15) is 4.79 Å². The van der Waals surface area contributed by atoms with Crippen molar-refractivity contribution < 1.29 is 4.79 Å². The number of aryl methyl sites for hydroxylation is 2. The van der Waals surface area contributed by atoms with Crippen molar-refractivity contribution in [3.05, 3.63) is 29.3 Å². The van der Waals surface area contributed by atoms with Gasteiger partial charge in [-0.1, -0.05) is 33.3 Å². The van der Waals surface area contributed by atoms with E-state index in [1.54, 1.807) is 0 Å². The van der Waals surface area contributed by atoms with Gasteiger partial charge in [0.2, 0.25) is 5.91 Å². The molecule has 116 valence electrons. The molecule has 21 heavy (non-hydrogen) atoms. The molecular formula is C19H29NO. The Labute approximate surface area is 129 Å². The average molecular weight is 287 g/mol. The van der Waals surface area contributed by atoms with E-state index in [1.807, 2.05) is 6.07 Å². The summed E-state index contributed by atoms with van der Waals surface area (Å²) >= 11 is 0. The van der Waals surface area contributed by atoms with Crippen molar-refractivity contribution >= 4 is 11.6 Å². The molecule has 1 aliphatic carbocycles. The molecular weight excluding hydrogens is 258 g/mol.